The average molecular weight is 329 g/mol. The number of nitrogens with zero attached hydrogens (tertiary/aromatic N) is 2. The summed E-state index contributed by atoms with van der Waals surface area (Å²) in [5, 5.41) is 8.22. The van der Waals surface area contributed by atoms with Crippen molar-refractivity contribution in [2.45, 2.75) is 4.90 Å². The quantitative estimate of drug-likeness (QED) is 0.689. The summed E-state index contributed by atoms with van der Waals surface area (Å²) in [4.78, 5) is 0.224. The van der Waals surface area contributed by atoms with Gasteiger partial charge in [0.05, 0.1) is 30.5 Å². The maximum atomic E-state index is 12.0. The largest absolute Gasteiger partial charge is 0.497 e. The van der Waals surface area contributed by atoms with E-state index in [1.807, 2.05) is 24.3 Å². The van der Waals surface area contributed by atoms with Gasteiger partial charge in [-0.05, 0) is 23.8 Å². The molecule has 2 aromatic carbocycles. The third kappa shape index (κ3) is 3.30. The number of methoxy groups -OCH3 is 1. The van der Waals surface area contributed by atoms with Gasteiger partial charge in [0.25, 0.3) is 0 Å². The van der Waals surface area contributed by atoms with Crippen molar-refractivity contribution in [3.05, 3.63) is 59.7 Å². The van der Waals surface area contributed by atoms with Crippen molar-refractivity contribution >= 4 is 21.9 Å². The lowest BCUT2D eigenvalue weighted by molar-refractivity contribution is 0.415. The Labute approximate surface area is 134 Å². The van der Waals surface area contributed by atoms with E-state index in [1.54, 1.807) is 37.6 Å². The van der Waals surface area contributed by atoms with Crippen LogP contribution in [0.25, 0.3) is 0 Å². The van der Waals surface area contributed by atoms with Crippen molar-refractivity contribution in [2.75, 3.05) is 13.7 Å². The van der Waals surface area contributed by atoms with Gasteiger partial charge >= 0.3 is 0 Å². The van der Waals surface area contributed by atoms with Gasteiger partial charge in [-0.25, -0.2) is 13.1 Å². The minimum atomic E-state index is -3.46. The second kappa shape index (κ2) is 6.31. The van der Waals surface area contributed by atoms with E-state index in [2.05, 4.69) is 14.9 Å². The first kappa shape index (κ1) is 15.4. The van der Waals surface area contributed by atoms with E-state index < -0.39 is 10.0 Å². The fourth-order valence-corrected chi connectivity index (χ4v) is 3.47. The summed E-state index contributed by atoms with van der Waals surface area (Å²) in [7, 11) is -1.86. The van der Waals surface area contributed by atoms with E-state index in [1.165, 1.54) is 0 Å². The molecule has 0 saturated heterocycles. The highest BCUT2D eigenvalue weighted by atomic mass is 32.2. The Hall–Kier alpha value is -2.51. The first-order chi connectivity index (χ1) is 11.1. The molecular weight excluding hydrogens is 314 g/mol. The van der Waals surface area contributed by atoms with E-state index in [-0.39, 0.29) is 11.4 Å². The van der Waals surface area contributed by atoms with Crippen LogP contribution in [0.15, 0.2) is 63.6 Å². The van der Waals surface area contributed by atoms with E-state index in [4.69, 9.17) is 4.74 Å². The molecular formula is C16H15N3O3S. The van der Waals surface area contributed by atoms with Gasteiger partial charge in [-0.3, -0.25) is 0 Å². The molecule has 0 bridgehead atoms. The Morgan fingerprint density at radius 2 is 2.00 bits per heavy atom. The number of nitrogens with one attached hydrogen (secondary N) is 1. The molecule has 0 aromatic heterocycles. The molecule has 0 saturated carbocycles. The van der Waals surface area contributed by atoms with Crippen LogP contribution in [0.1, 0.15) is 11.1 Å². The van der Waals surface area contributed by atoms with E-state index in [0.717, 1.165) is 11.3 Å². The lowest BCUT2D eigenvalue weighted by Gasteiger charge is -2.17. The normalized spacial score (nSPS) is 18.0. The molecule has 0 amide bonds. The maximum Gasteiger partial charge on any atom is 0.241 e. The van der Waals surface area contributed by atoms with Gasteiger partial charge in [0, 0.05) is 5.56 Å². The second-order valence-electron chi connectivity index (χ2n) is 4.89. The molecule has 1 N–H and O–H groups in total. The predicted octanol–water partition coefficient (Wildman–Crippen LogP) is 1.81. The second-order valence-corrected chi connectivity index (χ2v) is 6.62. The zero-order valence-electron chi connectivity index (χ0n) is 12.4. The van der Waals surface area contributed by atoms with E-state index >= 15 is 0 Å². The number of rotatable bonds is 3. The minimum Gasteiger partial charge on any atom is -0.497 e. The monoisotopic (exact) mass is 329 g/mol. The molecule has 0 spiro atoms. The lowest BCUT2D eigenvalue weighted by Crippen LogP contribution is -2.36. The molecule has 1 heterocycles. The Morgan fingerprint density at radius 3 is 2.83 bits per heavy atom. The van der Waals surface area contributed by atoms with Crippen LogP contribution in [-0.4, -0.2) is 34.0 Å². The molecule has 0 aliphatic carbocycles. The highest BCUT2D eigenvalue weighted by Gasteiger charge is 2.26. The van der Waals surface area contributed by atoms with Gasteiger partial charge in [-0.15, -0.1) is 0 Å². The molecule has 0 unspecified atom stereocenters. The average Bonchev–Trinajstić information content (AvgIpc) is 2.57. The zero-order valence-corrected chi connectivity index (χ0v) is 13.2. The molecule has 1 aliphatic rings. The van der Waals surface area contributed by atoms with E-state index in [9.17, 15) is 8.42 Å². The highest BCUT2D eigenvalue weighted by molar-refractivity contribution is 7.89. The SMILES string of the molecule is COc1cccc(/C=N/N=C2\CNS(=O)(=O)c3ccccc32)c1. The van der Waals surface area contributed by atoms with Crippen molar-refractivity contribution in [3.8, 4) is 5.75 Å². The van der Waals surface area contributed by atoms with Crippen LogP contribution in [-0.2, 0) is 10.0 Å². The number of hydrogen-bond donors (Lipinski definition) is 1. The summed E-state index contributed by atoms with van der Waals surface area (Å²) >= 11 is 0. The van der Waals surface area contributed by atoms with Gasteiger partial charge in [-0.1, -0.05) is 30.3 Å². The predicted molar refractivity (Wildman–Crippen MR) is 88.8 cm³/mol. The molecule has 2 aromatic rings. The number of hydrogen-bond acceptors (Lipinski definition) is 5. The van der Waals surface area contributed by atoms with Crippen LogP contribution in [0.4, 0.5) is 0 Å². The smallest absolute Gasteiger partial charge is 0.241 e. The molecule has 1 aliphatic heterocycles. The molecule has 118 valence electrons. The van der Waals surface area contributed by atoms with Crippen molar-refractivity contribution < 1.29 is 13.2 Å². The first-order valence-electron chi connectivity index (χ1n) is 6.93. The van der Waals surface area contributed by atoms with Crippen LogP contribution in [0.5, 0.6) is 5.75 Å². The summed E-state index contributed by atoms with van der Waals surface area (Å²) in [5.41, 5.74) is 2.00. The van der Waals surface area contributed by atoms with Crippen molar-refractivity contribution in [1.82, 2.24) is 4.72 Å². The summed E-state index contributed by atoms with van der Waals surface area (Å²) in [6.07, 6.45) is 1.60. The Bertz CT molecular complexity index is 889. The molecule has 6 nitrogen and oxygen atoms in total. The number of fused-ring (bicyclic) bond motifs is 1. The summed E-state index contributed by atoms with van der Waals surface area (Å²) in [5.74, 6) is 0.734. The Balaban J connectivity index is 1.90. The summed E-state index contributed by atoms with van der Waals surface area (Å²) in [6, 6.07) is 14.2. The van der Waals surface area contributed by atoms with Gasteiger partial charge < -0.3 is 4.74 Å². The van der Waals surface area contributed by atoms with Crippen LogP contribution in [0, 0.1) is 0 Å². The van der Waals surface area contributed by atoms with Crippen LogP contribution >= 0.6 is 0 Å². The zero-order chi connectivity index (χ0) is 16.3. The number of benzene rings is 2. The van der Waals surface area contributed by atoms with Crippen LogP contribution in [0.2, 0.25) is 0 Å². The van der Waals surface area contributed by atoms with Gasteiger partial charge in [0.1, 0.15) is 5.75 Å². The fraction of sp³-hybridized carbons (Fsp3) is 0.125. The first-order valence-corrected chi connectivity index (χ1v) is 8.41. The topological polar surface area (TPSA) is 80.1 Å². The van der Waals surface area contributed by atoms with Crippen molar-refractivity contribution in [2.24, 2.45) is 10.2 Å². The van der Waals surface area contributed by atoms with Crippen LogP contribution in [0.3, 0.4) is 0 Å². The fourth-order valence-electron chi connectivity index (χ4n) is 2.25. The molecule has 3 rings (SSSR count). The molecule has 7 heteroatoms. The molecule has 0 radical (unpaired) electrons. The highest BCUT2D eigenvalue weighted by Crippen LogP contribution is 2.20. The lowest BCUT2D eigenvalue weighted by atomic mass is 10.1. The third-order valence-corrected chi connectivity index (χ3v) is 4.86. The van der Waals surface area contributed by atoms with Crippen molar-refractivity contribution in [1.29, 1.82) is 0 Å². The summed E-state index contributed by atoms with van der Waals surface area (Å²) in [6.45, 7) is 0.120. The van der Waals surface area contributed by atoms with Gasteiger partial charge in [-0.2, -0.15) is 10.2 Å². The molecule has 0 atom stereocenters. The van der Waals surface area contributed by atoms with Gasteiger partial charge in [0.2, 0.25) is 10.0 Å². The number of sulfonamides is 1. The molecule has 23 heavy (non-hydrogen) atoms. The Kier molecular flexibility index (Phi) is 4.22. The van der Waals surface area contributed by atoms with Crippen LogP contribution < -0.4 is 9.46 Å². The third-order valence-electron chi connectivity index (χ3n) is 3.40. The van der Waals surface area contributed by atoms with E-state index in [0.29, 0.717) is 11.3 Å². The Morgan fingerprint density at radius 1 is 1.17 bits per heavy atom. The van der Waals surface area contributed by atoms with Gasteiger partial charge in [0.15, 0.2) is 0 Å². The maximum absolute atomic E-state index is 12.0. The standard InChI is InChI=1S/C16H15N3O3S/c1-22-13-6-4-5-12(9-13)10-17-19-15-11-18-23(20,21)16-8-3-2-7-14(15)16/h2-10,18H,11H2,1H3/b17-10+,19-15+. The van der Waals surface area contributed by atoms with Crippen molar-refractivity contribution in [3.63, 3.8) is 0 Å². The number of ether oxygens (including phenoxy) is 1. The minimum absolute atomic E-state index is 0.120. The summed E-state index contributed by atoms with van der Waals surface area (Å²) < 4.78 is 31.6. The molecule has 0 fully saturated rings.